The SMILES string of the molecule is CSCCC(NC(=O)C(NC(=O)C(N)CC(=O)O)C(C)O)C(=O)NC(Cc1cnc[nH]1)C(=O)O. The van der Waals surface area contributed by atoms with E-state index >= 15 is 0 Å². The van der Waals surface area contributed by atoms with Gasteiger partial charge in [-0.15, -0.1) is 0 Å². The zero-order valence-electron chi connectivity index (χ0n) is 18.7. The number of amides is 3. The number of aromatic amines is 1. The second kappa shape index (κ2) is 14.2. The van der Waals surface area contributed by atoms with Crippen LogP contribution in [0.2, 0.25) is 0 Å². The van der Waals surface area contributed by atoms with Gasteiger partial charge in [0.2, 0.25) is 17.7 Å². The van der Waals surface area contributed by atoms with Gasteiger partial charge in [-0.2, -0.15) is 11.8 Å². The van der Waals surface area contributed by atoms with Gasteiger partial charge in [-0.05, 0) is 25.4 Å². The van der Waals surface area contributed by atoms with Crippen molar-refractivity contribution in [3.63, 3.8) is 0 Å². The average molecular weight is 503 g/mol. The molecule has 0 aliphatic carbocycles. The molecule has 5 unspecified atom stereocenters. The van der Waals surface area contributed by atoms with Gasteiger partial charge in [0.1, 0.15) is 18.1 Å². The first-order valence-electron chi connectivity index (χ1n) is 10.2. The summed E-state index contributed by atoms with van der Waals surface area (Å²) < 4.78 is 0. The van der Waals surface area contributed by atoms with E-state index in [1.165, 1.54) is 31.2 Å². The van der Waals surface area contributed by atoms with Gasteiger partial charge >= 0.3 is 11.9 Å². The molecule has 190 valence electrons. The van der Waals surface area contributed by atoms with Crippen LogP contribution in [0.25, 0.3) is 0 Å². The molecule has 0 saturated heterocycles. The zero-order valence-corrected chi connectivity index (χ0v) is 19.5. The van der Waals surface area contributed by atoms with E-state index in [1.54, 1.807) is 6.26 Å². The molecule has 0 aromatic carbocycles. The summed E-state index contributed by atoms with van der Waals surface area (Å²) in [5, 5.41) is 35.1. The van der Waals surface area contributed by atoms with Crippen molar-refractivity contribution in [3.8, 4) is 0 Å². The number of thioether (sulfide) groups is 1. The number of carboxylic acids is 2. The third-order valence-corrected chi connectivity index (χ3v) is 5.27. The fraction of sp³-hybridized carbons (Fsp3) is 0.579. The van der Waals surface area contributed by atoms with Crippen molar-refractivity contribution in [1.29, 1.82) is 0 Å². The van der Waals surface area contributed by atoms with Gasteiger partial charge in [-0.25, -0.2) is 9.78 Å². The number of hydrogen-bond donors (Lipinski definition) is 8. The number of carboxylic acid groups (broad SMARTS) is 2. The number of carbonyl (C=O) groups excluding carboxylic acids is 3. The van der Waals surface area contributed by atoms with Crippen LogP contribution in [-0.4, -0.2) is 97.2 Å². The third-order valence-electron chi connectivity index (χ3n) is 4.63. The molecule has 0 spiro atoms. The van der Waals surface area contributed by atoms with Crippen LogP contribution < -0.4 is 21.7 Å². The standard InChI is InChI=1S/C19H30N6O8S/c1-9(26)15(25-16(29)11(20)6-14(27)28)18(31)23-12(3-4-34-2)17(30)24-13(19(32)33)5-10-7-21-8-22-10/h7-9,11-13,15,26H,3-6,20H2,1-2H3,(H,21,22)(H,23,31)(H,24,30)(H,25,29)(H,27,28)(H,32,33). The van der Waals surface area contributed by atoms with Crippen LogP contribution in [0.15, 0.2) is 12.5 Å². The molecule has 1 aromatic rings. The van der Waals surface area contributed by atoms with Crippen LogP contribution in [0.3, 0.4) is 0 Å². The fourth-order valence-corrected chi connectivity index (χ4v) is 3.27. The van der Waals surface area contributed by atoms with Crippen molar-refractivity contribution in [2.24, 2.45) is 5.73 Å². The maximum absolute atomic E-state index is 12.8. The highest BCUT2D eigenvalue weighted by molar-refractivity contribution is 7.98. The van der Waals surface area contributed by atoms with E-state index in [1.807, 2.05) is 0 Å². The first-order valence-corrected chi connectivity index (χ1v) is 11.6. The average Bonchev–Trinajstić information content (AvgIpc) is 3.26. The van der Waals surface area contributed by atoms with Gasteiger partial charge in [0, 0.05) is 18.3 Å². The summed E-state index contributed by atoms with van der Waals surface area (Å²) in [7, 11) is 0. The van der Waals surface area contributed by atoms with Gasteiger partial charge < -0.3 is 42.0 Å². The Morgan fingerprint density at radius 1 is 1.09 bits per heavy atom. The van der Waals surface area contributed by atoms with E-state index in [4.69, 9.17) is 10.8 Å². The highest BCUT2D eigenvalue weighted by Gasteiger charge is 2.32. The molecule has 1 heterocycles. The summed E-state index contributed by atoms with van der Waals surface area (Å²) in [6.45, 7) is 1.22. The number of aliphatic hydroxyl groups is 1. The molecule has 1 rings (SSSR count). The highest BCUT2D eigenvalue weighted by Crippen LogP contribution is 2.06. The first kappa shape index (κ1) is 28.9. The van der Waals surface area contributed by atoms with Crippen LogP contribution in [0.1, 0.15) is 25.5 Å². The molecule has 0 saturated carbocycles. The summed E-state index contributed by atoms with van der Waals surface area (Å²) in [5.74, 6) is -4.84. The molecule has 1 aromatic heterocycles. The van der Waals surface area contributed by atoms with Gasteiger partial charge in [0.15, 0.2) is 0 Å². The smallest absolute Gasteiger partial charge is 0.326 e. The predicted octanol–water partition coefficient (Wildman–Crippen LogP) is -2.57. The van der Waals surface area contributed by atoms with Crippen LogP contribution in [0.5, 0.6) is 0 Å². The van der Waals surface area contributed by atoms with E-state index in [2.05, 4.69) is 25.9 Å². The number of imidazole rings is 1. The van der Waals surface area contributed by atoms with Gasteiger partial charge in [-0.1, -0.05) is 0 Å². The number of aliphatic carboxylic acids is 2. The Morgan fingerprint density at radius 2 is 1.74 bits per heavy atom. The summed E-state index contributed by atoms with van der Waals surface area (Å²) >= 11 is 1.39. The lowest BCUT2D eigenvalue weighted by Gasteiger charge is -2.26. The molecular weight excluding hydrogens is 472 g/mol. The number of carbonyl (C=O) groups is 5. The molecule has 3 amide bonds. The van der Waals surface area contributed by atoms with Crippen molar-refractivity contribution in [2.75, 3.05) is 12.0 Å². The zero-order chi connectivity index (χ0) is 25.8. The van der Waals surface area contributed by atoms with Crippen LogP contribution in [0.4, 0.5) is 0 Å². The Kier molecular flexibility index (Phi) is 12.0. The number of H-pyrrole nitrogens is 1. The minimum atomic E-state index is -1.53. The van der Waals surface area contributed by atoms with E-state index in [0.29, 0.717) is 11.4 Å². The molecule has 0 bridgehead atoms. The Balaban J connectivity index is 2.92. The Labute approximate surface area is 199 Å². The molecular formula is C19H30N6O8S. The molecule has 5 atom stereocenters. The van der Waals surface area contributed by atoms with Crippen molar-refractivity contribution >= 4 is 41.4 Å². The molecule has 34 heavy (non-hydrogen) atoms. The van der Waals surface area contributed by atoms with E-state index in [9.17, 15) is 34.2 Å². The van der Waals surface area contributed by atoms with Crippen LogP contribution >= 0.6 is 11.8 Å². The van der Waals surface area contributed by atoms with E-state index in [0.717, 1.165) is 0 Å². The summed E-state index contributed by atoms with van der Waals surface area (Å²) in [4.78, 5) is 66.6. The largest absolute Gasteiger partial charge is 0.481 e. The molecule has 15 heteroatoms. The number of rotatable bonds is 15. The number of aromatic nitrogens is 2. The number of aliphatic hydroxyl groups excluding tert-OH is 1. The van der Waals surface area contributed by atoms with Crippen LogP contribution in [0, 0.1) is 0 Å². The molecule has 9 N–H and O–H groups in total. The molecule has 14 nitrogen and oxygen atoms in total. The van der Waals surface area contributed by atoms with E-state index in [-0.39, 0.29) is 12.8 Å². The second-order valence-electron chi connectivity index (χ2n) is 7.45. The number of nitrogens with two attached hydrogens (primary N) is 1. The Hall–Kier alpha value is -3.17. The number of hydrogen-bond acceptors (Lipinski definition) is 9. The normalized spacial score (nSPS) is 15.3. The summed E-state index contributed by atoms with van der Waals surface area (Å²) in [6.07, 6.45) is 2.53. The number of nitrogens with one attached hydrogen (secondary N) is 4. The lowest BCUT2D eigenvalue weighted by Crippen LogP contribution is -2.60. The van der Waals surface area contributed by atoms with Crippen molar-refractivity contribution < 1.29 is 39.3 Å². The summed E-state index contributed by atoms with van der Waals surface area (Å²) in [6, 6.07) is -5.46. The van der Waals surface area contributed by atoms with Crippen LogP contribution in [-0.2, 0) is 30.4 Å². The first-order chi connectivity index (χ1) is 16.0. The third kappa shape index (κ3) is 9.76. The topological polar surface area (TPSA) is 237 Å². The van der Waals surface area contributed by atoms with Crippen molar-refractivity contribution in [2.45, 2.75) is 56.5 Å². The lowest BCUT2D eigenvalue weighted by molar-refractivity contribution is -0.142. The second-order valence-corrected chi connectivity index (χ2v) is 8.44. The van der Waals surface area contributed by atoms with E-state index < -0.39 is 66.4 Å². The highest BCUT2D eigenvalue weighted by atomic mass is 32.2. The fourth-order valence-electron chi connectivity index (χ4n) is 2.80. The maximum Gasteiger partial charge on any atom is 0.326 e. The van der Waals surface area contributed by atoms with Gasteiger partial charge in [0.25, 0.3) is 0 Å². The number of nitrogens with zero attached hydrogens (tertiary/aromatic N) is 1. The Morgan fingerprint density at radius 3 is 2.24 bits per heavy atom. The Bertz CT molecular complexity index is 850. The minimum Gasteiger partial charge on any atom is -0.481 e. The maximum atomic E-state index is 12.8. The molecule has 0 fully saturated rings. The molecule has 0 radical (unpaired) electrons. The van der Waals surface area contributed by atoms with Gasteiger partial charge in [-0.3, -0.25) is 19.2 Å². The minimum absolute atomic E-state index is 0.0713. The molecule has 0 aliphatic rings. The predicted molar refractivity (Wildman–Crippen MR) is 121 cm³/mol. The van der Waals surface area contributed by atoms with Gasteiger partial charge in [0.05, 0.1) is 24.9 Å². The van der Waals surface area contributed by atoms with Crippen molar-refractivity contribution in [3.05, 3.63) is 18.2 Å². The quantitative estimate of drug-likeness (QED) is 0.124. The van der Waals surface area contributed by atoms with Crippen molar-refractivity contribution in [1.82, 2.24) is 25.9 Å². The molecule has 0 aliphatic heterocycles. The summed E-state index contributed by atoms with van der Waals surface area (Å²) in [5.41, 5.74) is 5.96. The lowest BCUT2D eigenvalue weighted by atomic mass is 10.1. The monoisotopic (exact) mass is 502 g/mol.